The van der Waals surface area contributed by atoms with E-state index in [-0.39, 0.29) is 0 Å². The lowest BCUT2D eigenvalue weighted by atomic mass is 10.2. The lowest BCUT2D eigenvalue weighted by molar-refractivity contribution is 0.516. The molecular weight excluding hydrogens is 224 g/mol. The van der Waals surface area contributed by atoms with Crippen LogP contribution in [0.25, 0.3) is 0 Å². The highest BCUT2D eigenvalue weighted by Gasteiger charge is 2.22. The van der Waals surface area contributed by atoms with Crippen molar-refractivity contribution in [3.05, 3.63) is 16.1 Å². The third-order valence-corrected chi connectivity index (χ3v) is 5.14. The molecule has 1 aromatic rings. The molecule has 0 bridgehead atoms. The van der Waals surface area contributed by atoms with Crippen LogP contribution in [0.4, 0.5) is 0 Å². The Labute approximate surface area is 99.9 Å². The molecule has 1 N–H and O–H groups in total. The lowest BCUT2D eigenvalue weighted by Crippen LogP contribution is -2.34. The first-order chi connectivity index (χ1) is 7.25. The van der Waals surface area contributed by atoms with Crippen molar-refractivity contribution in [1.82, 2.24) is 10.3 Å². The summed E-state index contributed by atoms with van der Waals surface area (Å²) in [6, 6.07) is 0.719. The van der Waals surface area contributed by atoms with Crippen LogP contribution in [0.3, 0.4) is 0 Å². The summed E-state index contributed by atoms with van der Waals surface area (Å²) >= 11 is 3.86. The zero-order chi connectivity index (χ0) is 10.7. The van der Waals surface area contributed by atoms with Gasteiger partial charge in [-0.1, -0.05) is 6.92 Å². The fraction of sp³-hybridized carbons (Fsp3) is 0.727. The molecule has 0 saturated carbocycles. The monoisotopic (exact) mass is 242 g/mol. The number of rotatable bonds is 4. The number of thioether (sulfide) groups is 1. The summed E-state index contributed by atoms with van der Waals surface area (Å²) in [6.45, 7) is 5.45. The molecule has 2 rings (SSSR count). The molecule has 1 aromatic heterocycles. The fourth-order valence-electron chi connectivity index (χ4n) is 1.88. The van der Waals surface area contributed by atoms with Crippen LogP contribution in [0.15, 0.2) is 5.38 Å². The van der Waals surface area contributed by atoms with Crippen molar-refractivity contribution in [2.75, 3.05) is 12.3 Å². The first-order valence-corrected chi connectivity index (χ1v) is 7.44. The molecule has 2 atom stereocenters. The lowest BCUT2D eigenvalue weighted by Gasteiger charge is -2.15. The van der Waals surface area contributed by atoms with Crippen molar-refractivity contribution in [2.45, 2.75) is 38.0 Å². The van der Waals surface area contributed by atoms with Crippen molar-refractivity contribution < 1.29 is 0 Å². The van der Waals surface area contributed by atoms with Crippen molar-refractivity contribution in [1.29, 1.82) is 0 Å². The molecule has 0 aliphatic carbocycles. The van der Waals surface area contributed by atoms with E-state index in [0.29, 0.717) is 0 Å². The first kappa shape index (κ1) is 11.4. The van der Waals surface area contributed by atoms with Gasteiger partial charge in [0.1, 0.15) is 0 Å². The molecule has 2 nitrogen and oxygen atoms in total. The molecule has 0 amide bonds. The minimum atomic E-state index is 0.719. The third kappa shape index (κ3) is 3.20. The maximum Gasteiger partial charge on any atom is 0.0940 e. The summed E-state index contributed by atoms with van der Waals surface area (Å²) in [7, 11) is 0. The molecule has 1 aliphatic heterocycles. The van der Waals surface area contributed by atoms with Gasteiger partial charge in [0.25, 0.3) is 0 Å². The average Bonchev–Trinajstić information content (AvgIpc) is 2.77. The number of aryl methyl sites for hydroxylation is 1. The Hall–Kier alpha value is -0.0600. The van der Waals surface area contributed by atoms with Crippen molar-refractivity contribution >= 4 is 23.1 Å². The molecule has 1 fully saturated rings. The molecule has 84 valence electrons. The van der Waals surface area contributed by atoms with E-state index in [4.69, 9.17) is 0 Å². The van der Waals surface area contributed by atoms with Gasteiger partial charge in [-0.25, -0.2) is 4.98 Å². The summed E-state index contributed by atoms with van der Waals surface area (Å²) in [5, 5.41) is 7.81. The van der Waals surface area contributed by atoms with Crippen LogP contribution in [0.5, 0.6) is 0 Å². The van der Waals surface area contributed by atoms with Crippen molar-refractivity contribution in [3.63, 3.8) is 0 Å². The highest BCUT2D eigenvalue weighted by atomic mass is 32.2. The molecule has 2 heterocycles. The zero-order valence-electron chi connectivity index (χ0n) is 9.32. The average molecular weight is 242 g/mol. The number of nitrogens with one attached hydrogen (secondary N) is 1. The van der Waals surface area contributed by atoms with Gasteiger partial charge in [-0.2, -0.15) is 11.8 Å². The molecule has 0 spiro atoms. The van der Waals surface area contributed by atoms with E-state index in [1.165, 1.54) is 17.2 Å². The second-order valence-corrected chi connectivity index (χ2v) is 6.49. The number of hydrogen-bond donors (Lipinski definition) is 1. The largest absolute Gasteiger partial charge is 0.312 e. The quantitative estimate of drug-likeness (QED) is 0.878. The smallest absolute Gasteiger partial charge is 0.0940 e. The molecule has 15 heavy (non-hydrogen) atoms. The highest BCUT2D eigenvalue weighted by molar-refractivity contribution is 8.00. The van der Waals surface area contributed by atoms with Crippen LogP contribution < -0.4 is 5.32 Å². The van der Waals surface area contributed by atoms with Gasteiger partial charge >= 0.3 is 0 Å². The molecule has 0 aromatic carbocycles. The summed E-state index contributed by atoms with van der Waals surface area (Å²) in [5.74, 6) is 1.31. The Balaban J connectivity index is 1.70. The van der Waals surface area contributed by atoms with Crippen molar-refractivity contribution in [2.24, 2.45) is 0 Å². The maximum atomic E-state index is 4.47. The van der Waals surface area contributed by atoms with Crippen LogP contribution in [0, 0.1) is 6.92 Å². The highest BCUT2D eigenvalue weighted by Crippen LogP contribution is 2.25. The van der Waals surface area contributed by atoms with Gasteiger partial charge in [0, 0.05) is 35.3 Å². The minimum Gasteiger partial charge on any atom is -0.312 e. The summed E-state index contributed by atoms with van der Waals surface area (Å²) in [4.78, 5) is 4.47. The van der Waals surface area contributed by atoms with Crippen LogP contribution in [0.1, 0.15) is 24.0 Å². The molecular formula is C11H18N2S2. The van der Waals surface area contributed by atoms with Gasteiger partial charge in [-0.15, -0.1) is 11.3 Å². The van der Waals surface area contributed by atoms with Gasteiger partial charge in [0.05, 0.1) is 5.01 Å². The van der Waals surface area contributed by atoms with Gasteiger partial charge in [0.15, 0.2) is 0 Å². The standard InChI is InChI=1S/C11H18N2S2/c1-8-7-15-11(13-8)3-5-12-10-4-6-14-9(10)2/h7,9-10,12H,3-6H2,1-2H3. The second kappa shape index (κ2) is 5.32. The van der Waals surface area contributed by atoms with Crippen LogP contribution >= 0.6 is 23.1 Å². The Morgan fingerprint density at radius 2 is 2.47 bits per heavy atom. The van der Waals surface area contributed by atoms with Gasteiger partial charge in [0.2, 0.25) is 0 Å². The van der Waals surface area contributed by atoms with Gasteiger partial charge in [-0.3, -0.25) is 0 Å². The van der Waals surface area contributed by atoms with E-state index in [1.54, 1.807) is 11.3 Å². The molecule has 1 aliphatic rings. The summed E-state index contributed by atoms with van der Waals surface area (Å²) in [6.07, 6.45) is 2.40. The predicted octanol–water partition coefficient (Wildman–Crippen LogP) is 2.48. The molecule has 0 radical (unpaired) electrons. The number of thiazole rings is 1. The normalized spacial score (nSPS) is 26.0. The van der Waals surface area contributed by atoms with Gasteiger partial charge < -0.3 is 5.32 Å². The van der Waals surface area contributed by atoms with Gasteiger partial charge in [-0.05, 0) is 19.1 Å². The topological polar surface area (TPSA) is 24.9 Å². The second-order valence-electron chi connectivity index (χ2n) is 4.06. The third-order valence-electron chi connectivity index (χ3n) is 2.79. The van der Waals surface area contributed by atoms with Crippen molar-refractivity contribution in [3.8, 4) is 0 Å². The number of aromatic nitrogens is 1. The number of nitrogens with zero attached hydrogens (tertiary/aromatic N) is 1. The predicted molar refractivity (Wildman–Crippen MR) is 68.9 cm³/mol. The minimum absolute atomic E-state index is 0.719. The number of hydrogen-bond acceptors (Lipinski definition) is 4. The Morgan fingerprint density at radius 3 is 3.07 bits per heavy atom. The summed E-state index contributed by atoms with van der Waals surface area (Å²) in [5.41, 5.74) is 1.15. The van der Waals surface area contributed by atoms with Crippen LogP contribution in [-0.2, 0) is 6.42 Å². The van der Waals surface area contributed by atoms with E-state index in [0.717, 1.165) is 30.0 Å². The Morgan fingerprint density at radius 1 is 1.60 bits per heavy atom. The van der Waals surface area contributed by atoms with E-state index in [9.17, 15) is 0 Å². The molecule has 2 unspecified atom stereocenters. The van der Waals surface area contributed by atoms with E-state index >= 15 is 0 Å². The van der Waals surface area contributed by atoms with Crippen LogP contribution in [-0.4, -0.2) is 28.6 Å². The fourth-order valence-corrected chi connectivity index (χ4v) is 3.88. The van der Waals surface area contributed by atoms with E-state index < -0.39 is 0 Å². The summed E-state index contributed by atoms with van der Waals surface area (Å²) < 4.78 is 0. The molecule has 4 heteroatoms. The zero-order valence-corrected chi connectivity index (χ0v) is 11.0. The van der Waals surface area contributed by atoms with E-state index in [1.807, 2.05) is 0 Å². The van der Waals surface area contributed by atoms with Crippen LogP contribution in [0.2, 0.25) is 0 Å². The first-order valence-electron chi connectivity index (χ1n) is 5.51. The Kier molecular flexibility index (Phi) is 4.05. The maximum absolute atomic E-state index is 4.47. The SMILES string of the molecule is Cc1csc(CCNC2CCSC2C)n1. The molecule has 1 saturated heterocycles. The Bertz CT molecular complexity index is 311. The van der Waals surface area contributed by atoms with E-state index in [2.05, 4.69) is 41.3 Å².